The Balaban J connectivity index is 2.31. The van der Waals surface area contributed by atoms with Gasteiger partial charge in [0.25, 0.3) is 0 Å². The molecule has 5 heteroatoms. The number of hydrogen-bond donors (Lipinski definition) is 2. The lowest BCUT2D eigenvalue weighted by molar-refractivity contribution is 0.640. The molecule has 106 valence electrons. The molecule has 0 bridgehead atoms. The van der Waals surface area contributed by atoms with Crippen LogP contribution in [0.4, 0.5) is 10.2 Å². The molecular formula is C16H15FN4. The predicted molar refractivity (Wildman–Crippen MR) is 82.2 cm³/mol. The molecule has 1 heterocycles. The number of hydrazine groups is 1. The van der Waals surface area contributed by atoms with Crippen molar-refractivity contribution in [3.05, 3.63) is 53.5 Å². The van der Waals surface area contributed by atoms with E-state index >= 15 is 0 Å². The molecule has 0 radical (unpaired) electrons. The van der Waals surface area contributed by atoms with E-state index in [9.17, 15) is 4.39 Å². The first-order chi connectivity index (χ1) is 10.1. The summed E-state index contributed by atoms with van der Waals surface area (Å²) in [5.74, 6) is 6.35. The van der Waals surface area contributed by atoms with Gasteiger partial charge in [0, 0.05) is 22.2 Å². The molecule has 3 aromatic rings. The first-order valence-electron chi connectivity index (χ1n) is 6.61. The summed E-state index contributed by atoms with van der Waals surface area (Å²) < 4.78 is 13.9. The lowest BCUT2D eigenvalue weighted by atomic mass is 10.0. The standard InChI is InChI=1S/C16H15FN4/c1-9-10(2)19-16(20-15(9)21-18)13-7-8-14(17)12-6-4-3-5-11(12)13/h3-8H,18H2,1-2H3,(H,19,20,21). The molecule has 0 atom stereocenters. The molecule has 0 unspecified atom stereocenters. The number of aromatic nitrogens is 2. The van der Waals surface area contributed by atoms with Crippen molar-refractivity contribution >= 4 is 16.6 Å². The number of fused-ring (bicyclic) bond motifs is 1. The lowest BCUT2D eigenvalue weighted by Crippen LogP contribution is -2.12. The van der Waals surface area contributed by atoms with Gasteiger partial charge in [-0.25, -0.2) is 20.2 Å². The lowest BCUT2D eigenvalue weighted by Gasteiger charge is -2.11. The maximum absolute atomic E-state index is 13.9. The van der Waals surface area contributed by atoms with Gasteiger partial charge in [-0.1, -0.05) is 24.3 Å². The Bertz CT molecular complexity index is 830. The number of rotatable bonds is 2. The molecule has 0 saturated heterocycles. The van der Waals surface area contributed by atoms with Gasteiger partial charge in [0.1, 0.15) is 11.6 Å². The monoisotopic (exact) mass is 282 g/mol. The van der Waals surface area contributed by atoms with Crippen molar-refractivity contribution in [2.45, 2.75) is 13.8 Å². The van der Waals surface area contributed by atoms with Crippen LogP contribution >= 0.6 is 0 Å². The van der Waals surface area contributed by atoms with Crippen LogP contribution in [0.1, 0.15) is 11.3 Å². The van der Waals surface area contributed by atoms with Gasteiger partial charge in [0.15, 0.2) is 5.82 Å². The molecule has 0 aliphatic carbocycles. The molecule has 21 heavy (non-hydrogen) atoms. The Hall–Kier alpha value is -2.53. The molecule has 4 nitrogen and oxygen atoms in total. The summed E-state index contributed by atoms with van der Waals surface area (Å²) in [5.41, 5.74) is 5.09. The highest BCUT2D eigenvalue weighted by Crippen LogP contribution is 2.29. The zero-order valence-electron chi connectivity index (χ0n) is 11.8. The summed E-state index contributed by atoms with van der Waals surface area (Å²) in [7, 11) is 0. The number of anilines is 1. The number of nitrogens with two attached hydrogens (primary N) is 1. The minimum Gasteiger partial charge on any atom is -0.308 e. The van der Waals surface area contributed by atoms with Crippen LogP contribution in [0, 0.1) is 19.7 Å². The molecular weight excluding hydrogens is 267 g/mol. The first-order valence-corrected chi connectivity index (χ1v) is 6.61. The van der Waals surface area contributed by atoms with Crippen molar-refractivity contribution in [1.29, 1.82) is 0 Å². The van der Waals surface area contributed by atoms with Crippen LogP contribution < -0.4 is 11.3 Å². The summed E-state index contributed by atoms with van der Waals surface area (Å²) in [6, 6.07) is 10.4. The fourth-order valence-electron chi connectivity index (χ4n) is 2.35. The summed E-state index contributed by atoms with van der Waals surface area (Å²) >= 11 is 0. The largest absolute Gasteiger partial charge is 0.308 e. The molecule has 3 N–H and O–H groups in total. The Morgan fingerprint density at radius 3 is 2.43 bits per heavy atom. The van der Waals surface area contributed by atoms with E-state index in [1.807, 2.05) is 32.0 Å². The maximum Gasteiger partial charge on any atom is 0.162 e. The van der Waals surface area contributed by atoms with Gasteiger partial charge in [-0.3, -0.25) is 0 Å². The number of halogens is 1. The molecule has 0 fully saturated rings. The van der Waals surface area contributed by atoms with Gasteiger partial charge >= 0.3 is 0 Å². The van der Waals surface area contributed by atoms with Crippen LogP contribution in [0.5, 0.6) is 0 Å². The second kappa shape index (κ2) is 5.10. The molecule has 0 spiro atoms. The normalized spacial score (nSPS) is 10.9. The summed E-state index contributed by atoms with van der Waals surface area (Å²) in [4.78, 5) is 8.93. The van der Waals surface area contributed by atoms with E-state index in [4.69, 9.17) is 5.84 Å². The number of nitrogens with one attached hydrogen (secondary N) is 1. The van der Waals surface area contributed by atoms with Crippen molar-refractivity contribution < 1.29 is 4.39 Å². The van der Waals surface area contributed by atoms with E-state index in [1.165, 1.54) is 6.07 Å². The highest BCUT2D eigenvalue weighted by atomic mass is 19.1. The van der Waals surface area contributed by atoms with Gasteiger partial charge in [-0.2, -0.15) is 0 Å². The van der Waals surface area contributed by atoms with Gasteiger partial charge in [0.2, 0.25) is 0 Å². The van der Waals surface area contributed by atoms with Crippen LogP contribution in [0.25, 0.3) is 22.2 Å². The molecule has 1 aromatic heterocycles. The molecule has 2 aromatic carbocycles. The highest BCUT2D eigenvalue weighted by Gasteiger charge is 2.13. The van der Waals surface area contributed by atoms with Crippen molar-refractivity contribution in [1.82, 2.24) is 9.97 Å². The predicted octanol–water partition coefficient (Wildman–Crippen LogP) is 3.34. The van der Waals surface area contributed by atoms with Crippen molar-refractivity contribution in [3.8, 4) is 11.4 Å². The average Bonchev–Trinajstić information content (AvgIpc) is 2.51. The van der Waals surface area contributed by atoms with E-state index < -0.39 is 0 Å². The molecule has 0 amide bonds. The topological polar surface area (TPSA) is 63.8 Å². The van der Waals surface area contributed by atoms with Crippen molar-refractivity contribution in [2.75, 3.05) is 5.43 Å². The van der Waals surface area contributed by atoms with E-state index in [1.54, 1.807) is 12.1 Å². The number of benzene rings is 2. The highest BCUT2D eigenvalue weighted by molar-refractivity contribution is 5.95. The van der Waals surface area contributed by atoms with Crippen LogP contribution in [0.2, 0.25) is 0 Å². The van der Waals surface area contributed by atoms with E-state index in [0.29, 0.717) is 17.0 Å². The summed E-state index contributed by atoms with van der Waals surface area (Å²) in [6.45, 7) is 3.80. The third kappa shape index (κ3) is 2.21. The molecule has 0 aliphatic heterocycles. The van der Waals surface area contributed by atoms with Crippen molar-refractivity contribution in [2.24, 2.45) is 5.84 Å². The molecule has 0 aliphatic rings. The fraction of sp³-hybridized carbons (Fsp3) is 0.125. The summed E-state index contributed by atoms with van der Waals surface area (Å²) in [6.07, 6.45) is 0. The minimum absolute atomic E-state index is 0.254. The number of nitrogen functional groups attached to an aromatic ring is 1. The molecule has 3 rings (SSSR count). The van der Waals surface area contributed by atoms with Crippen LogP contribution in [0.15, 0.2) is 36.4 Å². The first kappa shape index (κ1) is 13.5. The second-order valence-corrected chi connectivity index (χ2v) is 4.89. The van der Waals surface area contributed by atoms with Gasteiger partial charge in [-0.05, 0) is 31.4 Å². The zero-order chi connectivity index (χ0) is 15.0. The van der Waals surface area contributed by atoms with Crippen LogP contribution in [0.3, 0.4) is 0 Å². The number of nitrogens with zero attached hydrogens (tertiary/aromatic N) is 2. The Labute approximate surface area is 121 Å². The zero-order valence-corrected chi connectivity index (χ0v) is 11.8. The van der Waals surface area contributed by atoms with Gasteiger partial charge in [0.05, 0.1) is 0 Å². The van der Waals surface area contributed by atoms with Crippen LogP contribution in [-0.4, -0.2) is 9.97 Å². The van der Waals surface area contributed by atoms with Crippen LogP contribution in [-0.2, 0) is 0 Å². The fourth-order valence-corrected chi connectivity index (χ4v) is 2.35. The molecule has 0 saturated carbocycles. The minimum atomic E-state index is -0.254. The maximum atomic E-state index is 13.9. The Morgan fingerprint density at radius 1 is 1.00 bits per heavy atom. The summed E-state index contributed by atoms with van der Waals surface area (Å²) in [5, 5.41) is 1.34. The smallest absolute Gasteiger partial charge is 0.162 e. The number of hydrogen-bond acceptors (Lipinski definition) is 4. The van der Waals surface area contributed by atoms with Gasteiger partial charge in [-0.15, -0.1) is 0 Å². The van der Waals surface area contributed by atoms with E-state index in [-0.39, 0.29) is 5.82 Å². The van der Waals surface area contributed by atoms with Crippen molar-refractivity contribution in [3.63, 3.8) is 0 Å². The van der Waals surface area contributed by atoms with Gasteiger partial charge < -0.3 is 5.43 Å². The average molecular weight is 282 g/mol. The Kier molecular flexibility index (Phi) is 3.27. The SMILES string of the molecule is Cc1nc(-c2ccc(F)c3ccccc23)nc(NN)c1C. The van der Waals surface area contributed by atoms with E-state index in [0.717, 1.165) is 22.2 Å². The third-order valence-corrected chi connectivity index (χ3v) is 3.64. The quantitative estimate of drug-likeness (QED) is 0.559. The van der Waals surface area contributed by atoms with E-state index in [2.05, 4.69) is 15.4 Å². The third-order valence-electron chi connectivity index (χ3n) is 3.64. The number of aryl methyl sites for hydroxylation is 1. The Morgan fingerprint density at radius 2 is 1.71 bits per heavy atom. The second-order valence-electron chi connectivity index (χ2n) is 4.89.